The third-order valence-corrected chi connectivity index (χ3v) is 5.95. The summed E-state index contributed by atoms with van der Waals surface area (Å²) < 4.78 is 54.5. The van der Waals surface area contributed by atoms with Gasteiger partial charge in [-0.3, -0.25) is 9.62 Å². The maximum absolute atomic E-state index is 13.4. The van der Waals surface area contributed by atoms with Crippen LogP contribution in [0.5, 0.6) is 0 Å². The molecule has 26 heavy (non-hydrogen) atoms. The van der Waals surface area contributed by atoms with Crippen LogP contribution in [0.4, 0.5) is 14.5 Å². The van der Waals surface area contributed by atoms with E-state index >= 15 is 0 Å². The number of nitrogens with zero attached hydrogens (tertiary/aromatic N) is 1. The molecule has 1 N–H and O–H groups in total. The molecule has 0 saturated carbocycles. The number of likely N-dealkylation sites (tertiary alicyclic amines) is 1. The fourth-order valence-corrected chi connectivity index (χ4v) is 4.17. The molecule has 4 nitrogen and oxygen atoms in total. The molecule has 0 bridgehead atoms. The molecule has 1 fully saturated rings. The Balaban J connectivity index is 1.85. The van der Waals surface area contributed by atoms with Crippen LogP contribution in [-0.4, -0.2) is 32.3 Å². The van der Waals surface area contributed by atoms with Gasteiger partial charge in [-0.2, -0.15) is 0 Å². The van der Waals surface area contributed by atoms with Crippen LogP contribution in [0, 0.1) is 0 Å². The molecular weight excluding hydrogens is 405 g/mol. The van der Waals surface area contributed by atoms with Crippen LogP contribution in [0.25, 0.3) is 0 Å². The number of nitrogens with one attached hydrogen (secondary N) is 1. The van der Waals surface area contributed by atoms with Crippen molar-refractivity contribution in [2.24, 2.45) is 0 Å². The molecule has 140 valence electrons. The van der Waals surface area contributed by atoms with Crippen LogP contribution < -0.4 is 4.72 Å². The molecule has 0 radical (unpaired) electrons. The number of alkyl halides is 2. The van der Waals surface area contributed by atoms with Gasteiger partial charge in [-0.25, -0.2) is 17.2 Å². The SMILES string of the molecule is O=S(=O)(Nc1cc(Cl)ccc1CN1CCC(F)(F)C1)c1ccc(Cl)cc1. The van der Waals surface area contributed by atoms with E-state index in [4.69, 9.17) is 23.2 Å². The predicted molar refractivity (Wildman–Crippen MR) is 98.6 cm³/mol. The molecule has 0 unspecified atom stereocenters. The van der Waals surface area contributed by atoms with Gasteiger partial charge in [0.25, 0.3) is 15.9 Å². The molecule has 1 aliphatic rings. The van der Waals surface area contributed by atoms with Crippen molar-refractivity contribution < 1.29 is 17.2 Å². The molecule has 1 saturated heterocycles. The van der Waals surface area contributed by atoms with E-state index in [1.807, 2.05) is 0 Å². The van der Waals surface area contributed by atoms with E-state index in [9.17, 15) is 17.2 Å². The Morgan fingerprint density at radius 2 is 1.73 bits per heavy atom. The number of hydrogen-bond acceptors (Lipinski definition) is 3. The molecular formula is C17H16Cl2F2N2O2S. The first-order chi connectivity index (χ1) is 12.1. The Labute approximate surface area is 160 Å². The summed E-state index contributed by atoms with van der Waals surface area (Å²) in [4.78, 5) is 1.63. The van der Waals surface area contributed by atoms with Gasteiger partial charge in [0, 0.05) is 29.6 Å². The normalized spacial score (nSPS) is 17.4. The summed E-state index contributed by atoms with van der Waals surface area (Å²) in [6, 6.07) is 10.4. The van der Waals surface area contributed by atoms with Crippen molar-refractivity contribution in [1.82, 2.24) is 4.90 Å². The maximum atomic E-state index is 13.4. The fourth-order valence-electron chi connectivity index (χ4n) is 2.78. The van der Waals surface area contributed by atoms with Crippen molar-refractivity contribution >= 4 is 38.9 Å². The Morgan fingerprint density at radius 1 is 1.08 bits per heavy atom. The third kappa shape index (κ3) is 4.65. The van der Waals surface area contributed by atoms with Crippen molar-refractivity contribution in [1.29, 1.82) is 0 Å². The van der Waals surface area contributed by atoms with Crippen molar-refractivity contribution in [3.8, 4) is 0 Å². The zero-order valence-corrected chi connectivity index (χ0v) is 15.9. The van der Waals surface area contributed by atoms with Crippen LogP contribution in [-0.2, 0) is 16.6 Å². The Bertz CT molecular complexity index is 905. The number of rotatable bonds is 5. The molecule has 2 aromatic carbocycles. The van der Waals surface area contributed by atoms with Gasteiger partial charge in [0.15, 0.2) is 0 Å². The second-order valence-electron chi connectivity index (χ2n) is 6.18. The predicted octanol–water partition coefficient (Wildman–Crippen LogP) is 4.64. The molecule has 0 aliphatic carbocycles. The minimum atomic E-state index is -3.86. The maximum Gasteiger partial charge on any atom is 0.261 e. The average molecular weight is 421 g/mol. The second-order valence-corrected chi connectivity index (χ2v) is 8.73. The van der Waals surface area contributed by atoms with Gasteiger partial charge < -0.3 is 0 Å². The summed E-state index contributed by atoms with van der Waals surface area (Å²) in [5.41, 5.74) is 0.840. The van der Waals surface area contributed by atoms with Crippen LogP contribution in [0.15, 0.2) is 47.4 Å². The van der Waals surface area contributed by atoms with Gasteiger partial charge in [0.2, 0.25) is 0 Å². The van der Waals surface area contributed by atoms with Gasteiger partial charge in [0.1, 0.15) is 0 Å². The lowest BCUT2D eigenvalue weighted by Crippen LogP contribution is -2.25. The molecule has 3 rings (SSSR count). The monoisotopic (exact) mass is 420 g/mol. The minimum Gasteiger partial charge on any atom is -0.293 e. The largest absolute Gasteiger partial charge is 0.293 e. The summed E-state index contributed by atoms with van der Waals surface area (Å²) >= 11 is 11.8. The smallest absolute Gasteiger partial charge is 0.261 e. The minimum absolute atomic E-state index is 0.0422. The highest BCUT2D eigenvalue weighted by atomic mass is 35.5. The number of sulfonamides is 1. The number of hydrogen-bond donors (Lipinski definition) is 1. The lowest BCUT2D eigenvalue weighted by molar-refractivity contribution is 0.0115. The summed E-state index contributed by atoms with van der Waals surface area (Å²) in [7, 11) is -3.86. The van der Waals surface area contributed by atoms with Crippen molar-refractivity contribution in [3.05, 3.63) is 58.1 Å². The Kier molecular flexibility index (Phi) is 5.44. The molecule has 0 spiro atoms. The standard InChI is InChI=1S/C17H16Cl2F2N2O2S/c18-13-3-5-15(6-4-13)26(24,25)22-16-9-14(19)2-1-12(16)10-23-8-7-17(20,21)11-23/h1-6,9,22H,7-8,10-11H2. The summed E-state index contributed by atoms with van der Waals surface area (Å²) in [6.45, 7) is 0.100. The molecule has 2 aromatic rings. The van der Waals surface area contributed by atoms with E-state index in [1.54, 1.807) is 17.0 Å². The molecule has 0 aromatic heterocycles. The molecule has 0 atom stereocenters. The fraction of sp³-hybridized carbons (Fsp3) is 0.294. The van der Waals surface area contributed by atoms with Gasteiger partial charge in [-0.15, -0.1) is 0 Å². The van der Waals surface area contributed by atoms with E-state index in [0.717, 1.165) is 0 Å². The molecule has 1 aliphatic heterocycles. The number of benzene rings is 2. The zero-order chi connectivity index (χ0) is 18.9. The van der Waals surface area contributed by atoms with Crippen molar-refractivity contribution in [2.45, 2.75) is 23.8 Å². The van der Waals surface area contributed by atoms with Gasteiger partial charge in [0.05, 0.1) is 17.1 Å². The van der Waals surface area contributed by atoms with Crippen LogP contribution in [0.3, 0.4) is 0 Å². The topological polar surface area (TPSA) is 49.4 Å². The highest BCUT2D eigenvalue weighted by molar-refractivity contribution is 7.92. The number of halogens is 4. The first-order valence-corrected chi connectivity index (χ1v) is 10.1. The van der Waals surface area contributed by atoms with Crippen LogP contribution in [0.2, 0.25) is 10.0 Å². The summed E-state index contributed by atoms with van der Waals surface area (Å²) in [6.07, 6.45) is -0.202. The third-order valence-electron chi connectivity index (χ3n) is 4.08. The van der Waals surface area contributed by atoms with E-state index in [-0.39, 0.29) is 36.6 Å². The van der Waals surface area contributed by atoms with E-state index in [1.165, 1.54) is 30.3 Å². The van der Waals surface area contributed by atoms with Crippen molar-refractivity contribution in [3.63, 3.8) is 0 Å². The van der Waals surface area contributed by atoms with Crippen molar-refractivity contribution in [2.75, 3.05) is 17.8 Å². The first kappa shape index (κ1) is 19.4. The van der Waals surface area contributed by atoms with E-state index < -0.39 is 15.9 Å². The first-order valence-electron chi connectivity index (χ1n) is 7.82. The quantitative estimate of drug-likeness (QED) is 0.766. The number of anilines is 1. The van der Waals surface area contributed by atoms with Crippen LogP contribution in [0.1, 0.15) is 12.0 Å². The highest BCUT2D eigenvalue weighted by Crippen LogP contribution is 2.31. The molecule has 1 heterocycles. The Morgan fingerprint density at radius 3 is 2.35 bits per heavy atom. The lowest BCUT2D eigenvalue weighted by atomic mass is 10.1. The second kappa shape index (κ2) is 7.31. The molecule has 0 amide bonds. The highest BCUT2D eigenvalue weighted by Gasteiger charge is 2.38. The van der Waals surface area contributed by atoms with Crippen LogP contribution >= 0.6 is 23.2 Å². The van der Waals surface area contributed by atoms with E-state index in [0.29, 0.717) is 15.6 Å². The van der Waals surface area contributed by atoms with Gasteiger partial charge in [-0.1, -0.05) is 29.3 Å². The van der Waals surface area contributed by atoms with Gasteiger partial charge >= 0.3 is 0 Å². The lowest BCUT2D eigenvalue weighted by Gasteiger charge is -2.19. The zero-order valence-electron chi connectivity index (χ0n) is 13.6. The van der Waals surface area contributed by atoms with E-state index in [2.05, 4.69) is 4.72 Å². The Hall–Kier alpha value is -1.41. The summed E-state index contributed by atoms with van der Waals surface area (Å²) in [5, 5.41) is 0.761. The van der Waals surface area contributed by atoms with Gasteiger partial charge in [-0.05, 0) is 42.0 Å². The average Bonchev–Trinajstić information content (AvgIpc) is 2.89. The summed E-state index contributed by atoms with van der Waals surface area (Å²) in [5.74, 6) is -2.71. The molecule has 9 heteroatoms.